The Hall–Kier alpha value is -2.55. The second-order valence-electron chi connectivity index (χ2n) is 15.7. The van der Waals surface area contributed by atoms with Crippen molar-refractivity contribution >= 4 is 17.9 Å². The molecular formula is C48H85NO6. The van der Waals surface area contributed by atoms with Crippen molar-refractivity contribution in [3.8, 4) is 0 Å². The molecule has 318 valence electrons. The Morgan fingerprint density at radius 3 is 1.67 bits per heavy atom. The molecule has 0 aliphatic rings. The Morgan fingerprint density at radius 1 is 0.582 bits per heavy atom. The predicted octanol–water partition coefficient (Wildman–Crippen LogP) is 12.7. The van der Waals surface area contributed by atoms with E-state index in [4.69, 9.17) is 14.2 Å². The lowest BCUT2D eigenvalue weighted by Gasteiger charge is -2.18. The second-order valence-corrected chi connectivity index (χ2v) is 15.7. The molecule has 0 bridgehead atoms. The first kappa shape index (κ1) is 52.5. The van der Waals surface area contributed by atoms with Crippen LogP contribution in [0.4, 0.5) is 0 Å². The fourth-order valence-corrected chi connectivity index (χ4v) is 6.94. The van der Waals surface area contributed by atoms with E-state index in [9.17, 15) is 14.4 Å². The molecule has 0 spiro atoms. The molecule has 0 N–H and O–H groups in total. The summed E-state index contributed by atoms with van der Waals surface area (Å²) in [5, 5.41) is 0. The Bertz CT molecular complexity index is 1050. The predicted molar refractivity (Wildman–Crippen MR) is 229 cm³/mol. The molecule has 0 aromatic carbocycles. The lowest BCUT2D eigenvalue weighted by Crippen LogP contribution is -2.24. The number of hydrogen-bond donors (Lipinski definition) is 0. The van der Waals surface area contributed by atoms with Crippen LogP contribution in [0.2, 0.25) is 0 Å². The molecule has 7 nitrogen and oxygen atoms in total. The van der Waals surface area contributed by atoms with Gasteiger partial charge in [0.05, 0.1) is 25.7 Å². The standard InChI is InChI=1S/C48H85NO6/c1-7-12-21-30-43(6)37-41-53-46(50)35-26-19-15-17-24-33-45(48(52)55-40-29-28-39-49(10-4)11-5)34-25-18-16-20-27-36-47(51)54-42-38-44(31-22-13-8-2)32-23-14-9-3/h31,43-45H,2,7,9-12,14-21,23-30,32-42H2,1,3-6H3. The number of hydrogen-bond acceptors (Lipinski definition) is 7. The highest BCUT2D eigenvalue weighted by Crippen LogP contribution is 2.22. The summed E-state index contributed by atoms with van der Waals surface area (Å²) in [5.74, 6) is 0.662. The van der Waals surface area contributed by atoms with Crippen molar-refractivity contribution in [3.05, 3.63) is 29.8 Å². The van der Waals surface area contributed by atoms with Gasteiger partial charge in [0.2, 0.25) is 0 Å². The molecule has 0 aliphatic carbocycles. The van der Waals surface area contributed by atoms with Gasteiger partial charge in [-0.1, -0.05) is 142 Å². The zero-order chi connectivity index (χ0) is 40.6. The molecule has 55 heavy (non-hydrogen) atoms. The number of esters is 3. The van der Waals surface area contributed by atoms with Gasteiger partial charge in [-0.15, -0.1) is 0 Å². The summed E-state index contributed by atoms with van der Waals surface area (Å²) in [6.07, 6.45) is 27.9. The number of rotatable bonds is 39. The van der Waals surface area contributed by atoms with Crippen LogP contribution in [0.1, 0.15) is 202 Å². The van der Waals surface area contributed by atoms with Crippen LogP contribution in [-0.2, 0) is 28.6 Å². The third kappa shape index (κ3) is 34.4. The number of ether oxygens (including phenoxy) is 3. The van der Waals surface area contributed by atoms with E-state index in [2.05, 4.69) is 63.3 Å². The number of nitrogens with zero attached hydrogens (tertiary/aromatic N) is 1. The molecule has 0 heterocycles. The minimum atomic E-state index is -0.115. The van der Waals surface area contributed by atoms with Crippen molar-refractivity contribution in [3.63, 3.8) is 0 Å². The van der Waals surface area contributed by atoms with Crippen LogP contribution in [0.5, 0.6) is 0 Å². The molecule has 3 atom stereocenters. The Kier molecular flexibility index (Phi) is 37.8. The summed E-state index contributed by atoms with van der Waals surface area (Å²) in [7, 11) is 0. The van der Waals surface area contributed by atoms with Crippen LogP contribution in [0, 0.1) is 17.8 Å². The van der Waals surface area contributed by atoms with Gasteiger partial charge >= 0.3 is 17.9 Å². The second kappa shape index (κ2) is 39.7. The Morgan fingerprint density at radius 2 is 1.11 bits per heavy atom. The van der Waals surface area contributed by atoms with Crippen LogP contribution in [0.25, 0.3) is 0 Å². The lowest BCUT2D eigenvalue weighted by atomic mass is 9.94. The van der Waals surface area contributed by atoms with Gasteiger partial charge in [-0.05, 0) is 108 Å². The third-order valence-electron chi connectivity index (χ3n) is 10.8. The first-order chi connectivity index (χ1) is 26.8. The number of unbranched alkanes of at least 4 members (excludes halogenated alkanes) is 13. The summed E-state index contributed by atoms with van der Waals surface area (Å²) in [5.41, 5.74) is 8.36. The first-order valence-corrected chi connectivity index (χ1v) is 22.9. The summed E-state index contributed by atoms with van der Waals surface area (Å²) in [6, 6.07) is 0. The maximum Gasteiger partial charge on any atom is 0.308 e. The van der Waals surface area contributed by atoms with Gasteiger partial charge in [0.1, 0.15) is 0 Å². The van der Waals surface area contributed by atoms with Gasteiger partial charge in [-0.2, -0.15) is 0 Å². The van der Waals surface area contributed by atoms with Crippen molar-refractivity contribution < 1.29 is 28.6 Å². The molecule has 0 saturated carbocycles. The number of carbonyl (C=O) groups is 3. The summed E-state index contributed by atoms with van der Waals surface area (Å²) < 4.78 is 16.8. The quantitative estimate of drug-likeness (QED) is 0.0266. The molecule has 0 aromatic rings. The molecular weight excluding hydrogens is 687 g/mol. The minimum absolute atomic E-state index is 0.0377. The van der Waals surface area contributed by atoms with E-state index >= 15 is 0 Å². The molecule has 0 radical (unpaired) electrons. The number of carbonyl (C=O) groups excluding carboxylic acids is 3. The lowest BCUT2D eigenvalue weighted by molar-refractivity contribution is -0.149. The van der Waals surface area contributed by atoms with Gasteiger partial charge in [-0.3, -0.25) is 14.4 Å². The van der Waals surface area contributed by atoms with Crippen molar-refractivity contribution in [2.24, 2.45) is 17.8 Å². The van der Waals surface area contributed by atoms with E-state index in [1.165, 1.54) is 38.5 Å². The molecule has 0 aliphatic heterocycles. The SMILES string of the molecule is C=C=C=C=CC(CCCCC)CCOC(=O)CCCCCCCC(CCCCCCCC(=O)OCCC(C)CCCCC)C(=O)OCCCCN(CC)CC. The van der Waals surface area contributed by atoms with Crippen LogP contribution in [0.15, 0.2) is 29.8 Å². The first-order valence-electron chi connectivity index (χ1n) is 22.9. The third-order valence-corrected chi connectivity index (χ3v) is 10.8. The van der Waals surface area contributed by atoms with Gasteiger partial charge in [0, 0.05) is 12.8 Å². The van der Waals surface area contributed by atoms with Crippen LogP contribution in [0.3, 0.4) is 0 Å². The van der Waals surface area contributed by atoms with Gasteiger partial charge in [0.15, 0.2) is 0 Å². The topological polar surface area (TPSA) is 82.1 Å². The molecule has 0 saturated heterocycles. The molecule has 0 rings (SSSR count). The maximum absolute atomic E-state index is 13.1. The Balaban J connectivity index is 4.45. The van der Waals surface area contributed by atoms with E-state index < -0.39 is 0 Å². The van der Waals surface area contributed by atoms with Gasteiger partial charge < -0.3 is 19.1 Å². The molecule has 0 fully saturated rings. The van der Waals surface area contributed by atoms with Crippen LogP contribution < -0.4 is 0 Å². The molecule has 7 heteroatoms. The fourth-order valence-electron chi connectivity index (χ4n) is 6.94. The van der Waals surface area contributed by atoms with E-state index in [-0.39, 0.29) is 23.8 Å². The smallest absolute Gasteiger partial charge is 0.308 e. The summed E-state index contributed by atoms with van der Waals surface area (Å²) in [6.45, 7) is 19.2. The van der Waals surface area contributed by atoms with Crippen LogP contribution in [-0.4, -0.2) is 62.3 Å². The van der Waals surface area contributed by atoms with E-state index in [0.29, 0.717) is 44.5 Å². The highest BCUT2D eigenvalue weighted by molar-refractivity contribution is 5.72. The van der Waals surface area contributed by atoms with E-state index in [0.717, 1.165) is 135 Å². The van der Waals surface area contributed by atoms with Crippen molar-refractivity contribution in [2.45, 2.75) is 202 Å². The monoisotopic (exact) mass is 772 g/mol. The average Bonchev–Trinajstić information content (AvgIpc) is 3.17. The Labute approximate surface area is 339 Å². The van der Waals surface area contributed by atoms with Gasteiger partial charge in [-0.25, -0.2) is 0 Å². The largest absolute Gasteiger partial charge is 0.466 e. The molecule has 0 amide bonds. The molecule has 3 unspecified atom stereocenters. The summed E-state index contributed by atoms with van der Waals surface area (Å²) in [4.78, 5) is 40.1. The summed E-state index contributed by atoms with van der Waals surface area (Å²) >= 11 is 0. The maximum atomic E-state index is 13.1. The number of allylic oxidation sites excluding steroid dienone is 1. The molecule has 0 aromatic heterocycles. The van der Waals surface area contributed by atoms with Crippen LogP contribution >= 0.6 is 0 Å². The van der Waals surface area contributed by atoms with Crippen molar-refractivity contribution in [1.29, 1.82) is 0 Å². The highest BCUT2D eigenvalue weighted by Gasteiger charge is 2.19. The van der Waals surface area contributed by atoms with E-state index in [1.807, 2.05) is 6.08 Å². The zero-order valence-corrected chi connectivity index (χ0v) is 36.5. The highest BCUT2D eigenvalue weighted by atomic mass is 16.5. The van der Waals surface area contributed by atoms with E-state index in [1.54, 1.807) is 0 Å². The van der Waals surface area contributed by atoms with Gasteiger partial charge in [0.25, 0.3) is 0 Å². The fraction of sp³-hybridized carbons (Fsp3) is 0.833. The minimum Gasteiger partial charge on any atom is -0.466 e. The van der Waals surface area contributed by atoms with Crippen molar-refractivity contribution in [2.75, 3.05) is 39.5 Å². The zero-order valence-electron chi connectivity index (χ0n) is 36.5. The van der Waals surface area contributed by atoms with Crippen molar-refractivity contribution in [1.82, 2.24) is 4.90 Å². The average molecular weight is 772 g/mol. The normalized spacial score (nSPS) is 12.6.